The summed E-state index contributed by atoms with van der Waals surface area (Å²) in [6, 6.07) is 4.21. The van der Waals surface area contributed by atoms with Crippen molar-refractivity contribution >= 4 is 28.9 Å². The van der Waals surface area contributed by atoms with Gasteiger partial charge in [-0.2, -0.15) is 22.5 Å². The monoisotopic (exact) mass is 354 g/mol. The molecule has 1 heterocycles. The molecule has 0 radical (unpaired) electrons. The Bertz CT molecular complexity index is 668. The third kappa shape index (κ3) is 3.60. The fourth-order valence-electron chi connectivity index (χ4n) is 1.73. The van der Waals surface area contributed by atoms with Gasteiger partial charge in [0.05, 0.1) is 6.10 Å². The van der Waals surface area contributed by atoms with Gasteiger partial charge in [0.25, 0.3) is 11.9 Å². The first kappa shape index (κ1) is 16.8. The first-order chi connectivity index (χ1) is 10.3. The average molecular weight is 355 g/mol. The summed E-state index contributed by atoms with van der Waals surface area (Å²) in [5.41, 5.74) is -0.794. The van der Waals surface area contributed by atoms with Gasteiger partial charge in [-0.25, -0.2) is 0 Å². The molecular weight excluding hydrogens is 347 g/mol. The summed E-state index contributed by atoms with van der Waals surface area (Å²) in [6.45, 7) is -0.437. The van der Waals surface area contributed by atoms with E-state index in [0.29, 0.717) is 0 Å². The van der Waals surface area contributed by atoms with E-state index in [9.17, 15) is 22.7 Å². The number of aromatic nitrogens is 1. The second kappa shape index (κ2) is 6.68. The first-order valence-electron chi connectivity index (χ1n) is 5.87. The predicted molar refractivity (Wildman–Crippen MR) is 74.0 cm³/mol. The minimum atomic E-state index is -1.79. The van der Waals surface area contributed by atoms with Crippen molar-refractivity contribution < 1.29 is 22.7 Å². The minimum absolute atomic E-state index is 0.250. The molecule has 1 aromatic heterocycles. The van der Waals surface area contributed by atoms with Crippen LogP contribution in [-0.4, -0.2) is 16.6 Å². The first-order valence-corrected chi connectivity index (χ1v) is 6.63. The lowest BCUT2D eigenvalue weighted by Crippen LogP contribution is -2.16. The summed E-state index contributed by atoms with van der Waals surface area (Å²) in [6.07, 6.45) is -1.27. The van der Waals surface area contributed by atoms with Crippen molar-refractivity contribution in [3.8, 4) is 0 Å². The molecule has 1 aromatic carbocycles. The molecule has 0 fully saturated rings. The summed E-state index contributed by atoms with van der Waals surface area (Å²) >= 11 is 11.5. The van der Waals surface area contributed by atoms with Gasteiger partial charge in [-0.3, -0.25) is 0 Å². The second-order valence-corrected chi connectivity index (χ2v) is 5.17. The SMILES string of the molecule is OC(CNc1c(F)c(F)nc(F)c1F)c1cc(Cl)cc(Cl)c1. The van der Waals surface area contributed by atoms with Crippen molar-refractivity contribution in [1.29, 1.82) is 0 Å². The molecule has 0 aliphatic heterocycles. The second-order valence-electron chi connectivity index (χ2n) is 4.30. The van der Waals surface area contributed by atoms with E-state index in [1.165, 1.54) is 18.2 Å². The van der Waals surface area contributed by atoms with Gasteiger partial charge in [-0.05, 0) is 23.8 Å². The van der Waals surface area contributed by atoms with Gasteiger partial charge in [0, 0.05) is 16.6 Å². The lowest BCUT2D eigenvalue weighted by atomic mass is 10.1. The Labute approximate surface area is 132 Å². The molecule has 1 atom stereocenters. The van der Waals surface area contributed by atoms with E-state index in [1.54, 1.807) is 0 Å². The molecule has 0 aliphatic carbocycles. The molecule has 2 rings (SSSR count). The Hall–Kier alpha value is -1.57. The minimum Gasteiger partial charge on any atom is -0.387 e. The molecule has 9 heteroatoms. The zero-order chi connectivity index (χ0) is 16.4. The van der Waals surface area contributed by atoms with E-state index < -0.39 is 41.9 Å². The Balaban J connectivity index is 2.19. The van der Waals surface area contributed by atoms with Gasteiger partial charge in [-0.15, -0.1) is 0 Å². The molecule has 0 saturated carbocycles. The van der Waals surface area contributed by atoms with Crippen LogP contribution < -0.4 is 5.32 Å². The Morgan fingerprint density at radius 2 is 1.50 bits per heavy atom. The molecule has 2 N–H and O–H groups in total. The normalized spacial score (nSPS) is 12.3. The topological polar surface area (TPSA) is 45.1 Å². The van der Waals surface area contributed by atoms with Crippen molar-refractivity contribution in [1.82, 2.24) is 4.98 Å². The Morgan fingerprint density at radius 3 is 2.00 bits per heavy atom. The van der Waals surface area contributed by atoms with Gasteiger partial charge in [-0.1, -0.05) is 23.2 Å². The van der Waals surface area contributed by atoms with Gasteiger partial charge in [0.15, 0.2) is 0 Å². The number of aliphatic hydroxyl groups is 1. The lowest BCUT2D eigenvalue weighted by Gasteiger charge is -2.15. The third-order valence-corrected chi connectivity index (χ3v) is 3.18. The fraction of sp³-hybridized carbons (Fsp3) is 0.154. The van der Waals surface area contributed by atoms with Gasteiger partial charge < -0.3 is 10.4 Å². The zero-order valence-corrected chi connectivity index (χ0v) is 12.2. The summed E-state index contributed by atoms with van der Waals surface area (Å²) in [7, 11) is 0. The van der Waals surface area contributed by atoms with Gasteiger partial charge >= 0.3 is 0 Å². The third-order valence-electron chi connectivity index (χ3n) is 2.74. The molecule has 0 saturated heterocycles. The van der Waals surface area contributed by atoms with Gasteiger partial charge in [0.1, 0.15) is 5.69 Å². The smallest absolute Gasteiger partial charge is 0.253 e. The maximum Gasteiger partial charge on any atom is 0.253 e. The number of pyridine rings is 1. The maximum absolute atomic E-state index is 13.4. The molecule has 0 bridgehead atoms. The molecule has 0 spiro atoms. The number of aliphatic hydroxyl groups excluding tert-OH is 1. The van der Waals surface area contributed by atoms with E-state index in [0.717, 1.165) is 0 Å². The summed E-state index contributed by atoms with van der Waals surface area (Å²) < 4.78 is 52.7. The highest BCUT2D eigenvalue weighted by Gasteiger charge is 2.21. The summed E-state index contributed by atoms with van der Waals surface area (Å²) in [4.78, 5) is 2.42. The van der Waals surface area contributed by atoms with E-state index in [2.05, 4.69) is 10.3 Å². The van der Waals surface area contributed by atoms with E-state index in [-0.39, 0.29) is 15.6 Å². The number of rotatable bonds is 4. The quantitative estimate of drug-likeness (QED) is 0.642. The van der Waals surface area contributed by atoms with E-state index >= 15 is 0 Å². The number of nitrogens with zero attached hydrogens (tertiary/aromatic N) is 1. The van der Waals surface area contributed by atoms with Crippen LogP contribution in [0.1, 0.15) is 11.7 Å². The number of benzene rings is 1. The van der Waals surface area contributed by atoms with Crippen molar-refractivity contribution in [2.45, 2.75) is 6.10 Å². The van der Waals surface area contributed by atoms with Crippen LogP contribution in [0.15, 0.2) is 18.2 Å². The Morgan fingerprint density at radius 1 is 1.00 bits per heavy atom. The molecule has 118 valence electrons. The highest BCUT2D eigenvalue weighted by Crippen LogP contribution is 2.26. The summed E-state index contributed by atoms with van der Waals surface area (Å²) in [5.74, 6) is -6.95. The number of anilines is 1. The standard InChI is InChI=1S/C13H8Cl2F4N2O/c14-6-1-5(2-7(15)3-6)8(22)4-20-11-9(16)12(18)21-13(19)10(11)17/h1-3,8,22H,4H2,(H,20,21). The molecule has 0 amide bonds. The number of hydrogen-bond acceptors (Lipinski definition) is 3. The zero-order valence-electron chi connectivity index (χ0n) is 10.7. The number of nitrogens with one attached hydrogen (secondary N) is 1. The van der Waals surface area contributed by atoms with Crippen LogP contribution >= 0.6 is 23.2 Å². The van der Waals surface area contributed by atoms with Crippen LogP contribution in [0.2, 0.25) is 10.0 Å². The van der Waals surface area contributed by atoms with Crippen molar-refractivity contribution in [3.63, 3.8) is 0 Å². The van der Waals surface area contributed by atoms with Crippen molar-refractivity contribution in [2.24, 2.45) is 0 Å². The number of hydrogen-bond donors (Lipinski definition) is 2. The molecule has 3 nitrogen and oxygen atoms in total. The van der Waals surface area contributed by atoms with Gasteiger partial charge in [0.2, 0.25) is 11.6 Å². The van der Waals surface area contributed by atoms with E-state index in [1.807, 2.05) is 0 Å². The highest BCUT2D eigenvalue weighted by molar-refractivity contribution is 6.34. The predicted octanol–water partition coefficient (Wildman–Crippen LogP) is 4.09. The molecule has 2 aromatic rings. The highest BCUT2D eigenvalue weighted by atomic mass is 35.5. The molecular formula is C13H8Cl2F4N2O. The summed E-state index contributed by atoms with van der Waals surface area (Å²) in [5, 5.41) is 12.5. The number of halogens is 6. The molecule has 1 unspecified atom stereocenters. The lowest BCUT2D eigenvalue weighted by molar-refractivity contribution is 0.191. The molecule has 0 aliphatic rings. The molecule has 22 heavy (non-hydrogen) atoms. The van der Waals surface area contributed by atoms with Crippen LogP contribution in [-0.2, 0) is 0 Å². The van der Waals surface area contributed by atoms with Crippen LogP contribution in [0.25, 0.3) is 0 Å². The van der Waals surface area contributed by atoms with Crippen molar-refractivity contribution in [3.05, 3.63) is 57.3 Å². The average Bonchev–Trinajstić information content (AvgIpc) is 2.44. The largest absolute Gasteiger partial charge is 0.387 e. The van der Waals surface area contributed by atoms with Crippen molar-refractivity contribution in [2.75, 3.05) is 11.9 Å². The van der Waals surface area contributed by atoms with Crippen LogP contribution in [0.5, 0.6) is 0 Å². The maximum atomic E-state index is 13.4. The fourth-order valence-corrected chi connectivity index (χ4v) is 2.27. The van der Waals surface area contributed by atoms with Crippen LogP contribution in [0.4, 0.5) is 23.2 Å². The van der Waals surface area contributed by atoms with Crippen LogP contribution in [0, 0.1) is 23.5 Å². The van der Waals surface area contributed by atoms with Crippen LogP contribution in [0.3, 0.4) is 0 Å². The Kier molecular flexibility index (Phi) is 5.10. The van der Waals surface area contributed by atoms with E-state index in [4.69, 9.17) is 23.2 Å².